The molecule has 3 aromatic rings. The van der Waals surface area contributed by atoms with E-state index in [9.17, 15) is 9.18 Å². The highest BCUT2D eigenvalue weighted by Gasteiger charge is 2.31. The summed E-state index contributed by atoms with van der Waals surface area (Å²) in [4.78, 5) is 18.8. The Balaban J connectivity index is 1.58. The lowest BCUT2D eigenvalue weighted by atomic mass is 10.1. The molecule has 1 N–H and O–H groups in total. The fourth-order valence-corrected chi connectivity index (χ4v) is 3.30. The average Bonchev–Trinajstić information content (AvgIpc) is 3.32. The van der Waals surface area contributed by atoms with Crippen LogP contribution in [-0.4, -0.2) is 32.5 Å². The number of pyridine rings is 1. The highest BCUT2D eigenvalue weighted by molar-refractivity contribution is 5.93. The molecule has 0 spiro atoms. The number of H-pyrrole nitrogens is 1. The van der Waals surface area contributed by atoms with Gasteiger partial charge in [-0.1, -0.05) is 0 Å². The van der Waals surface area contributed by atoms with Crippen LogP contribution in [0.3, 0.4) is 0 Å². The Morgan fingerprint density at radius 1 is 1.16 bits per heavy atom. The van der Waals surface area contributed by atoms with Crippen LogP contribution in [0.4, 0.5) is 4.39 Å². The van der Waals surface area contributed by atoms with Gasteiger partial charge in [0, 0.05) is 24.5 Å². The Bertz CT molecular complexity index is 876. The number of rotatable bonds is 3. The van der Waals surface area contributed by atoms with Crippen molar-refractivity contribution in [1.82, 2.24) is 20.1 Å². The van der Waals surface area contributed by atoms with Gasteiger partial charge in [-0.15, -0.1) is 0 Å². The molecular formula is C19H17FN4O. The van der Waals surface area contributed by atoms with E-state index in [1.807, 2.05) is 17.0 Å². The van der Waals surface area contributed by atoms with Gasteiger partial charge in [0.15, 0.2) is 0 Å². The molecule has 1 saturated heterocycles. The first-order valence-electron chi connectivity index (χ1n) is 8.24. The fourth-order valence-electron chi connectivity index (χ4n) is 3.30. The lowest BCUT2D eigenvalue weighted by Crippen LogP contribution is -2.30. The Morgan fingerprint density at radius 2 is 1.92 bits per heavy atom. The summed E-state index contributed by atoms with van der Waals surface area (Å²) in [5.41, 5.74) is 2.94. The van der Waals surface area contributed by atoms with Crippen molar-refractivity contribution in [3.8, 4) is 11.3 Å². The van der Waals surface area contributed by atoms with Crippen LogP contribution >= 0.6 is 0 Å². The number of aromatic amines is 1. The monoisotopic (exact) mass is 336 g/mol. The number of nitrogens with one attached hydrogen (secondary N) is 1. The summed E-state index contributed by atoms with van der Waals surface area (Å²) in [6.45, 7) is 0.719. The smallest absolute Gasteiger partial charge is 0.272 e. The second-order valence-electron chi connectivity index (χ2n) is 6.11. The molecule has 1 fully saturated rings. The molecule has 2 aromatic heterocycles. The molecule has 0 aliphatic carbocycles. The van der Waals surface area contributed by atoms with Gasteiger partial charge in [-0.2, -0.15) is 5.10 Å². The van der Waals surface area contributed by atoms with Crippen molar-refractivity contribution in [3.05, 3.63) is 71.9 Å². The maximum Gasteiger partial charge on any atom is 0.272 e. The summed E-state index contributed by atoms with van der Waals surface area (Å²) in [6.07, 6.45) is 5.41. The minimum Gasteiger partial charge on any atom is -0.330 e. The van der Waals surface area contributed by atoms with E-state index in [-0.39, 0.29) is 17.8 Å². The van der Waals surface area contributed by atoms with E-state index in [4.69, 9.17) is 0 Å². The molecule has 1 aliphatic heterocycles. The van der Waals surface area contributed by atoms with Gasteiger partial charge in [0.05, 0.1) is 11.7 Å². The largest absolute Gasteiger partial charge is 0.330 e. The van der Waals surface area contributed by atoms with Crippen molar-refractivity contribution in [2.75, 3.05) is 6.54 Å². The van der Waals surface area contributed by atoms with Crippen LogP contribution in [0.15, 0.2) is 54.9 Å². The number of carbonyl (C=O) groups excluding carboxylic acids is 1. The first-order chi connectivity index (χ1) is 12.2. The summed E-state index contributed by atoms with van der Waals surface area (Å²) < 4.78 is 13.1. The Kier molecular flexibility index (Phi) is 4.01. The third-order valence-electron chi connectivity index (χ3n) is 4.55. The van der Waals surface area contributed by atoms with Crippen LogP contribution in [0.25, 0.3) is 11.3 Å². The summed E-state index contributed by atoms with van der Waals surface area (Å²) in [5, 5.41) is 7.02. The zero-order chi connectivity index (χ0) is 17.2. The second-order valence-corrected chi connectivity index (χ2v) is 6.11. The fraction of sp³-hybridized carbons (Fsp3) is 0.211. The van der Waals surface area contributed by atoms with E-state index in [0.717, 1.165) is 30.5 Å². The van der Waals surface area contributed by atoms with E-state index in [1.165, 1.54) is 12.1 Å². The van der Waals surface area contributed by atoms with E-state index < -0.39 is 0 Å². The van der Waals surface area contributed by atoms with Crippen molar-refractivity contribution in [3.63, 3.8) is 0 Å². The van der Waals surface area contributed by atoms with Gasteiger partial charge in [0.1, 0.15) is 11.5 Å². The summed E-state index contributed by atoms with van der Waals surface area (Å²) in [5.74, 6) is -0.368. The first kappa shape index (κ1) is 15.5. The summed E-state index contributed by atoms with van der Waals surface area (Å²) in [7, 11) is 0. The summed E-state index contributed by atoms with van der Waals surface area (Å²) in [6, 6.07) is 11.7. The Hall–Kier alpha value is -3.02. The standard InChI is InChI=1S/C19H17FN4O/c20-15-5-3-13(4-6-15)16-12-17(23-22-16)19(25)24-11-1-2-18(24)14-7-9-21-10-8-14/h3-10,12,18H,1-2,11H2,(H,22,23). The zero-order valence-corrected chi connectivity index (χ0v) is 13.5. The van der Waals surface area contributed by atoms with E-state index in [1.54, 1.807) is 30.6 Å². The number of halogens is 1. The quantitative estimate of drug-likeness (QED) is 0.795. The number of benzene rings is 1. The molecule has 0 bridgehead atoms. The van der Waals surface area contributed by atoms with Crippen molar-refractivity contribution in [2.45, 2.75) is 18.9 Å². The molecule has 3 heterocycles. The highest BCUT2D eigenvalue weighted by Crippen LogP contribution is 2.33. The van der Waals surface area contributed by atoms with Crippen LogP contribution in [0.2, 0.25) is 0 Å². The minimum absolute atomic E-state index is 0.0630. The van der Waals surface area contributed by atoms with E-state index in [0.29, 0.717) is 11.4 Å². The van der Waals surface area contributed by atoms with Gasteiger partial charge >= 0.3 is 0 Å². The van der Waals surface area contributed by atoms with Crippen molar-refractivity contribution in [2.24, 2.45) is 0 Å². The minimum atomic E-state index is -0.298. The molecule has 25 heavy (non-hydrogen) atoms. The SMILES string of the molecule is O=C(c1cc(-c2ccc(F)cc2)n[nH]1)N1CCCC1c1ccncc1. The van der Waals surface area contributed by atoms with Crippen molar-refractivity contribution < 1.29 is 9.18 Å². The normalized spacial score (nSPS) is 17.0. The van der Waals surface area contributed by atoms with Crippen LogP contribution < -0.4 is 0 Å². The molecule has 126 valence electrons. The van der Waals surface area contributed by atoms with E-state index in [2.05, 4.69) is 15.2 Å². The van der Waals surface area contributed by atoms with Crippen LogP contribution in [-0.2, 0) is 0 Å². The predicted octanol–water partition coefficient (Wildman–Crippen LogP) is 3.59. The maximum atomic E-state index is 13.1. The summed E-state index contributed by atoms with van der Waals surface area (Å²) >= 11 is 0. The number of hydrogen-bond donors (Lipinski definition) is 1. The second kappa shape index (κ2) is 6.47. The van der Waals surface area contributed by atoms with Crippen LogP contribution in [0.5, 0.6) is 0 Å². The number of amides is 1. The lowest BCUT2D eigenvalue weighted by molar-refractivity contribution is 0.0729. The van der Waals surface area contributed by atoms with Gasteiger partial charge in [-0.25, -0.2) is 4.39 Å². The number of carbonyl (C=O) groups is 1. The maximum absolute atomic E-state index is 13.1. The molecule has 1 amide bonds. The number of hydrogen-bond acceptors (Lipinski definition) is 3. The van der Waals surface area contributed by atoms with Gasteiger partial charge in [-0.3, -0.25) is 14.9 Å². The van der Waals surface area contributed by atoms with E-state index >= 15 is 0 Å². The highest BCUT2D eigenvalue weighted by atomic mass is 19.1. The van der Waals surface area contributed by atoms with Crippen LogP contribution in [0, 0.1) is 5.82 Å². The van der Waals surface area contributed by atoms with Gasteiger partial charge < -0.3 is 4.90 Å². The zero-order valence-electron chi connectivity index (χ0n) is 13.5. The molecule has 4 rings (SSSR count). The first-order valence-corrected chi connectivity index (χ1v) is 8.24. The number of nitrogens with zero attached hydrogens (tertiary/aromatic N) is 3. The predicted molar refractivity (Wildman–Crippen MR) is 91.2 cm³/mol. The average molecular weight is 336 g/mol. The molecule has 1 atom stereocenters. The molecule has 1 unspecified atom stereocenters. The third-order valence-corrected chi connectivity index (χ3v) is 4.55. The molecule has 1 aromatic carbocycles. The lowest BCUT2D eigenvalue weighted by Gasteiger charge is -2.24. The van der Waals surface area contributed by atoms with Gasteiger partial charge in [0.2, 0.25) is 0 Å². The topological polar surface area (TPSA) is 61.9 Å². The number of likely N-dealkylation sites (tertiary alicyclic amines) is 1. The molecule has 0 saturated carbocycles. The Labute approximate surface area is 144 Å². The third kappa shape index (κ3) is 3.03. The van der Waals surface area contributed by atoms with Crippen LogP contribution in [0.1, 0.15) is 34.9 Å². The molecule has 0 radical (unpaired) electrons. The van der Waals surface area contributed by atoms with Gasteiger partial charge in [-0.05, 0) is 60.9 Å². The van der Waals surface area contributed by atoms with Crippen molar-refractivity contribution in [1.29, 1.82) is 0 Å². The molecule has 6 heteroatoms. The molecule has 5 nitrogen and oxygen atoms in total. The Morgan fingerprint density at radius 3 is 2.68 bits per heavy atom. The van der Waals surface area contributed by atoms with Crippen molar-refractivity contribution >= 4 is 5.91 Å². The number of aromatic nitrogens is 3. The van der Waals surface area contributed by atoms with Gasteiger partial charge in [0.25, 0.3) is 5.91 Å². The molecule has 1 aliphatic rings. The molecular weight excluding hydrogens is 319 g/mol.